The standard InChI is InChI=1S/C24H21Cl2N3O4/c1-32-22-11-17(7-10-21(22)33-15-16-5-8-19(25)9-6-16)13-28-29-23(30)14-27-24(31)18-3-2-4-20(26)12-18/h2-13H,14-15H2,1H3,(H,27,31)(H,29,30)/b28-13+. The smallest absolute Gasteiger partial charge is 0.259 e. The van der Waals surface area contributed by atoms with Gasteiger partial charge in [0.05, 0.1) is 19.9 Å². The highest BCUT2D eigenvalue weighted by atomic mass is 35.5. The van der Waals surface area contributed by atoms with Crippen molar-refractivity contribution in [2.24, 2.45) is 5.10 Å². The van der Waals surface area contributed by atoms with Gasteiger partial charge in [-0.15, -0.1) is 0 Å². The molecule has 0 spiro atoms. The van der Waals surface area contributed by atoms with Crippen LogP contribution in [0.2, 0.25) is 10.0 Å². The van der Waals surface area contributed by atoms with Crippen LogP contribution in [0, 0.1) is 0 Å². The molecule has 2 amide bonds. The average Bonchev–Trinajstić information content (AvgIpc) is 2.82. The van der Waals surface area contributed by atoms with Gasteiger partial charge in [0.1, 0.15) is 6.61 Å². The fraction of sp³-hybridized carbons (Fsp3) is 0.125. The van der Waals surface area contributed by atoms with Crippen LogP contribution in [0.15, 0.2) is 71.8 Å². The molecule has 0 bridgehead atoms. The van der Waals surface area contributed by atoms with E-state index in [1.165, 1.54) is 19.4 Å². The van der Waals surface area contributed by atoms with Gasteiger partial charge in [0.15, 0.2) is 11.5 Å². The van der Waals surface area contributed by atoms with Crippen LogP contribution in [0.1, 0.15) is 21.5 Å². The van der Waals surface area contributed by atoms with Gasteiger partial charge >= 0.3 is 0 Å². The predicted octanol–water partition coefficient (Wildman–Crippen LogP) is 4.46. The third-order valence-electron chi connectivity index (χ3n) is 4.39. The molecule has 170 valence electrons. The molecule has 3 aromatic rings. The third kappa shape index (κ3) is 7.52. The van der Waals surface area contributed by atoms with Gasteiger partial charge in [-0.2, -0.15) is 5.10 Å². The molecular formula is C24H21Cl2N3O4. The summed E-state index contributed by atoms with van der Waals surface area (Å²) < 4.78 is 11.2. The third-order valence-corrected chi connectivity index (χ3v) is 4.88. The number of amides is 2. The number of halogens is 2. The molecule has 0 aliphatic carbocycles. The molecule has 3 aromatic carbocycles. The lowest BCUT2D eigenvalue weighted by molar-refractivity contribution is -0.120. The van der Waals surface area contributed by atoms with E-state index in [-0.39, 0.29) is 6.54 Å². The Kier molecular flexibility index (Phi) is 8.69. The normalized spacial score (nSPS) is 10.6. The van der Waals surface area contributed by atoms with Crippen molar-refractivity contribution in [3.8, 4) is 11.5 Å². The van der Waals surface area contributed by atoms with Crippen LogP contribution in [-0.4, -0.2) is 31.7 Å². The Labute approximate surface area is 201 Å². The van der Waals surface area contributed by atoms with E-state index in [0.717, 1.165) is 5.56 Å². The molecular weight excluding hydrogens is 465 g/mol. The largest absolute Gasteiger partial charge is 0.493 e. The fourth-order valence-electron chi connectivity index (χ4n) is 2.74. The van der Waals surface area contributed by atoms with Crippen molar-refractivity contribution < 1.29 is 19.1 Å². The zero-order chi connectivity index (χ0) is 23.6. The second kappa shape index (κ2) is 11.9. The maximum Gasteiger partial charge on any atom is 0.259 e. The minimum atomic E-state index is -0.475. The first-order valence-electron chi connectivity index (χ1n) is 9.85. The number of hydrogen-bond donors (Lipinski definition) is 2. The van der Waals surface area contributed by atoms with E-state index in [4.69, 9.17) is 32.7 Å². The van der Waals surface area contributed by atoms with Crippen LogP contribution in [0.3, 0.4) is 0 Å². The summed E-state index contributed by atoms with van der Waals surface area (Å²) in [5, 5.41) is 7.51. The predicted molar refractivity (Wildman–Crippen MR) is 128 cm³/mol. The molecule has 0 saturated heterocycles. The van der Waals surface area contributed by atoms with Gasteiger partial charge < -0.3 is 14.8 Å². The highest BCUT2D eigenvalue weighted by Gasteiger charge is 2.08. The molecule has 0 atom stereocenters. The van der Waals surface area contributed by atoms with Crippen LogP contribution in [0.5, 0.6) is 11.5 Å². The Bertz CT molecular complexity index is 1150. The Balaban J connectivity index is 1.50. The van der Waals surface area contributed by atoms with Crippen molar-refractivity contribution in [2.45, 2.75) is 6.61 Å². The highest BCUT2D eigenvalue weighted by molar-refractivity contribution is 6.31. The molecule has 0 heterocycles. The molecule has 0 aliphatic heterocycles. The molecule has 3 rings (SSSR count). The lowest BCUT2D eigenvalue weighted by Crippen LogP contribution is -2.34. The van der Waals surface area contributed by atoms with E-state index in [0.29, 0.717) is 39.3 Å². The molecule has 0 aromatic heterocycles. The number of methoxy groups -OCH3 is 1. The molecule has 0 saturated carbocycles. The minimum Gasteiger partial charge on any atom is -0.493 e. The quantitative estimate of drug-likeness (QED) is 0.345. The van der Waals surface area contributed by atoms with Crippen molar-refractivity contribution in [2.75, 3.05) is 13.7 Å². The zero-order valence-electron chi connectivity index (χ0n) is 17.7. The SMILES string of the molecule is COc1cc(/C=N/NC(=O)CNC(=O)c2cccc(Cl)c2)ccc1OCc1ccc(Cl)cc1. The highest BCUT2D eigenvalue weighted by Crippen LogP contribution is 2.28. The summed E-state index contributed by atoms with van der Waals surface area (Å²) in [6.45, 7) is 0.126. The topological polar surface area (TPSA) is 89.0 Å². The van der Waals surface area contributed by atoms with Gasteiger partial charge in [-0.25, -0.2) is 5.43 Å². The van der Waals surface area contributed by atoms with Crippen LogP contribution in [0.4, 0.5) is 0 Å². The number of hydrogen-bond acceptors (Lipinski definition) is 5. The Morgan fingerprint density at radius 1 is 0.970 bits per heavy atom. The zero-order valence-corrected chi connectivity index (χ0v) is 19.2. The molecule has 0 radical (unpaired) electrons. The molecule has 0 fully saturated rings. The monoisotopic (exact) mass is 485 g/mol. The van der Waals surface area contributed by atoms with Crippen LogP contribution < -0.4 is 20.2 Å². The van der Waals surface area contributed by atoms with Crippen molar-refractivity contribution in [1.82, 2.24) is 10.7 Å². The van der Waals surface area contributed by atoms with Gasteiger partial charge in [-0.3, -0.25) is 9.59 Å². The van der Waals surface area contributed by atoms with Crippen molar-refractivity contribution in [1.29, 1.82) is 0 Å². The lowest BCUT2D eigenvalue weighted by Gasteiger charge is -2.11. The van der Waals surface area contributed by atoms with E-state index >= 15 is 0 Å². The number of hydrazone groups is 1. The number of rotatable bonds is 9. The summed E-state index contributed by atoms with van der Waals surface area (Å²) in [6, 6.07) is 19.1. The molecule has 0 aliphatic rings. The first kappa shape index (κ1) is 24.1. The van der Waals surface area contributed by atoms with E-state index in [9.17, 15) is 9.59 Å². The summed E-state index contributed by atoms with van der Waals surface area (Å²) in [5.74, 6) is 0.206. The van der Waals surface area contributed by atoms with E-state index in [1.807, 2.05) is 12.1 Å². The number of nitrogens with one attached hydrogen (secondary N) is 2. The lowest BCUT2D eigenvalue weighted by atomic mass is 10.2. The number of carbonyl (C=O) groups is 2. The molecule has 7 nitrogen and oxygen atoms in total. The van der Waals surface area contributed by atoms with Gasteiger partial charge in [0.2, 0.25) is 0 Å². The van der Waals surface area contributed by atoms with Gasteiger partial charge in [-0.1, -0.05) is 41.4 Å². The Hall–Kier alpha value is -3.55. The van der Waals surface area contributed by atoms with Crippen LogP contribution >= 0.6 is 23.2 Å². The van der Waals surface area contributed by atoms with Gasteiger partial charge in [-0.05, 0) is 59.7 Å². The maximum atomic E-state index is 12.0. The number of ether oxygens (including phenoxy) is 2. The first-order chi connectivity index (χ1) is 15.9. The maximum absolute atomic E-state index is 12.0. The van der Waals surface area contributed by atoms with Crippen molar-refractivity contribution in [3.05, 3.63) is 93.5 Å². The summed E-state index contributed by atoms with van der Waals surface area (Å²) in [5.41, 5.74) is 4.38. The minimum absolute atomic E-state index is 0.233. The number of nitrogens with zero attached hydrogens (tertiary/aromatic N) is 1. The fourth-order valence-corrected chi connectivity index (χ4v) is 3.05. The molecule has 9 heteroatoms. The average molecular weight is 486 g/mol. The Morgan fingerprint density at radius 2 is 1.76 bits per heavy atom. The number of carbonyl (C=O) groups excluding carboxylic acids is 2. The van der Waals surface area contributed by atoms with Crippen molar-refractivity contribution in [3.63, 3.8) is 0 Å². The second-order valence-electron chi connectivity index (χ2n) is 6.81. The molecule has 33 heavy (non-hydrogen) atoms. The second-order valence-corrected chi connectivity index (χ2v) is 7.68. The number of benzene rings is 3. The van der Waals surface area contributed by atoms with Gasteiger partial charge in [0.25, 0.3) is 11.8 Å². The molecule has 0 unspecified atom stereocenters. The van der Waals surface area contributed by atoms with Crippen LogP contribution in [0.25, 0.3) is 0 Å². The summed E-state index contributed by atoms with van der Waals surface area (Å²) in [4.78, 5) is 24.0. The van der Waals surface area contributed by atoms with E-state index in [1.54, 1.807) is 48.5 Å². The Morgan fingerprint density at radius 3 is 2.48 bits per heavy atom. The molecule has 2 N–H and O–H groups in total. The summed E-state index contributed by atoms with van der Waals surface area (Å²) in [7, 11) is 1.54. The van der Waals surface area contributed by atoms with Crippen LogP contribution in [-0.2, 0) is 11.4 Å². The van der Waals surface area contributed by atoms with E-state index < -0.39 is 11.8 Å². The van der Waals surface area contributed by atoms with Crippen molar-refractivity contribution >= 4 is 41.2 Å². The van der Waals surface area contributed by atoms with Gasteiger partial charge in [0, 0.05) is 15.6 Å². The summed E-state index contributed by atoms with van der Waals surface area (Å²) in [6.07, 6.45) is 1.46. The first-order valence-corrected chi connectivity index (χ1v) is 10.6. The summed E-state index contributed by atoms with van der Waals surface area (Å²) >= 11 is 11.8. The van der Waals surface area contributed by atoms with E-state index in [2.05, 4.69) is 15.8 Å².